The molecule has 0 bridgehead atoms. The molecule has 0 radical (unpaired) electrons. The Balaban J connectivity index is 1.64. The molecule has 2 aromatic heterocycles. The van der Waals surface area contributed by atoms with Gasteiger partial charge in [-0.1, -0.05) is 12.1 Å². The summed E-state index contributed by atoms with van der Waals surface area (Å²) in [6, 6.07) is 1.86. The van der Waals surface area contributed by atoms with Gasteiger partial charge in [0, 0.05) is 38.0 Å². The van der Waals surface area contributed by atoms with Crippen LogP contribution in [0.5, 0.6) is 0 Å². The van der Waals surface area contributed by atoms with Gasteiger partial charge in [-0.05, 0) is 25.8 Å². The number of aryl methyl sites for hydroxylation is 2. The molecule has 1 fully saturated rings. The number of nitrogens with zero attached hydrogens (tertiary/aromatic N) is 3. The molecule has 0 spiro atoms. The van der Waals surface area contributed by atoms with Crippen molar-refractivity contribution in [1.29, 1.82) is 0 Å². The molecule has 23 heavy (non-hydrogen) atoms. The van der Waals surface area contributed by atoms with E-state index in [1.165, 1.54) is 0 Å². The third kappa shape index (κ3) is 3.14. The molecule has 0 aliphatic carbocycles. The van der Waals surface area contributed by atoms with Crippen LogP contribution in [0.4, 0.5) is 0 Å². The first-order chi connectivity index (χ1) is 11.1. The highest BCUT2D eigenvalue weighted by Gasteiger charge is 2.34. The number of nitrogens with one attached hydrogen (secondary N) is 1. The van der Waals surface area contributed by atoms with Crippen LogP contribution in [0, 0.1) is 12.8 Å². The number of ether oxygens (including phenoxy) is 1. The third-order valence-corrected chi connectivity index (χ3v) is 4.31. The number of aromatic nitrogens is 3. The maximum atomic E-state index is 12.4. The average Bonchev–Trinajstić information content (AvgIpc) is 3.24. The Morgan fingerprint density at radius 1 is 1.52 bits per heavy atom. The molecule has 1 N–H and O–H groups in total. The number of amides is 1. The molecule has 3 rings (SSSR count). The van der Waals surface area contributed by atoms with Crippen molar-refractivity contribution in [2.75, 3.05) is 13.2 Å². The second-order valence-electron chi connectivity index (χ2n) is 5.87. The standard InChI is InChI=1S/C16H22N4O3/c1-4-13-12(5-7-20(13)3)15(21)17-9-11-6-8-22-14(11)16-18-10(2)19-23-16/h5,7,11,14H,4,6,8-9H2,1-3H3,(H,17,21)/t11-,14-/m0/s1. The molecule has 2 aromatic rings. The molecule has 7 heteroatoms. The van der Waals surface area contributed by atoms with E-state index in [4.69, 9.17) is 9.26 Å². The fourth-order valence-electron chi connectivity index (χ4n) is 3.07. The van der Waals surface area contributed by atoms with E-state index in [2.05, 4.69) is 15.5 Å². The first kappa shape index (κ1) is 15.7. The number of rotatable bonds is 5. The molecule has 1 aliphatic rings. The van der Waals surface area contributed by atoms with Crippen molar-refractivity contribution in [3.05, 3.63) is 35.2 Å². The van der Waals surface area contributed by atoms with Gasteiger partial charge in [0.05, 0.1) is 5.56 Å². The molecule has 1 amide bonds. The Bertz CT molecular complexity index is 691. The Morgan fingerprint density at radius 2 is 2.35 bits per heavy atom. The number of hydrogen-bond donors (Lipinski definition) is 1. The Hall–Kier alpha value is -2.15. The fraction of sp³-hybridized carbons (Fsp3) is 0.562. The van der Waals surface area contributed by atoms with Gasteiger partial charge in [-0.2, -0.15) is 4.98 Å². The van der Waals surface area contributed by atoms with Gasteiger partial charge in [0.25, 0.3) is 11.8 Å². The van der Waals surface area contributed by atoms with Gasteiger partial charge >= 0.3 is 0 Å². The largest absolute Gasteiger partial charge is 0.368 e. The van der Waals surface area contributed by atoms with Crippen molar-refractivity contribution in [1.82, 2.24) is 20.0 Å². The maximum absolute atomic E-state index is 12.4. The minimum atomic E-state index is -0.238. The van der Waals surface area contributed by atoms with Gasteiger partial charge in [0.15, 0.2) is 5.82 Å². The molecular formula is C16H22N4O3. The minimum absolute atomic E-state index is 0.0465. The first-order valence-electron chi connectivity index (χ1n) is 7.94. The Labute approximate surface area is 135 Å². The molecule has 7 nitrogen and oxygen atoms in total. The SMILES string of the molecule is CCc1c(C(=O)NC[C@@H]2CCO[C@@H]2c2nc(C)no2)ccn1C. The van der Waals surface area contributed by atoms with Crippen molar-refractivity contribution in [3.63, 3.8) is 0 Å². The Kier molecular flexibility index (Phi) is 4.47. The van der Waals surface area contributed by atoms with E-state index >= 15 is 0 Å². The van der Waals surface area contributed by atoms with E-state index in [0.717, 1.165) is 24.1 Å². The molecule has 1 saturated heterocycles. The summed E-state index contributed by atoms with van der Waals surface area (Å²) < 4.78 is 12.9. The smallest absolute Gasteiger partial charge is 0.256 e. The van der Waals surface area contributed by atoms with Gasteiger partial charge in [0.2, 0.25) is 0 Å². The summed E-state index contributed by atoms with van der Waals surface area (Å²) in [6.07, 6.45) is 3.36. The van der Waals surface area contributed by atoms with Crippen molar-refractivity contribution < 1.29 is 14.1 Å². The second kappa shape index (κ2) is 6.54. The van der Waals surface area contributed by atoms with Crippen LogP contribution in [-0.4, -0.2) is 33.8 Å². The summed E-state index contributed by atoms with van der Waals surface area (Å²) in [5, 5.41) is 6.82. The zero-order chi connectivity index (χ0) is 16.4. The quantitative estimate of drug-likeness (QED) is 0.909. The molecule has 2 atom stereocenters. The lowest BCUT2D eigenvalue weighted by Gasteiger charge is -2.15. The van der Waals surface area contributed by atoms with Crippen LogP contribution >= 0.6 is 0 Å². The van der Waals surface area contributed by atoms with Crippen molar-refractivity contribution in [3.8, 4) is 0 Å². The predicted octanol–water partition coefficient (Wildman–Crippen LogP) is 1.79. The summed E-state index contributed by atoms with van der Waals surface area (Å²) >= 11 is 0. The van der Waals surface area contributed by atoms with E-state index in [-0.39, 0.29) is 17.9 Å². The lowest BCUT2D eigenvalue weighted by molar-refractivity contribution is 0.0613. The number of carbonyl (C=O) groups is 1. The van der Waals surface area contributed by atoms with E-state index in [9.17, 15) is 4.79 Å². The molecule has 124 valence electrons. The molecule has 0 saturated carbocycles. The van der Waals surface area contributed by atoms with Crippen LogP contribution in [0.1, 0.15) is 47.2 Å². The molecule has 1 aliphatic heterocycles. The van der Waals surface area contributed by atoms with E-state index in [0.29, 0.717) is 24.9 Å². The highest BCUT2D eigenvalue weighted by molar-refractivity contribution is 5.95. The third-order valence-electron chi connectivity index (χ3n) is 4.31. The van der Waals surface area contributed by atoms with Crippen LogP contribution in [0.15, 0.2) is 16.8 Å². The van der Waals surface area contributed by atoms with Crippen molar-refractivity contribution >= 4 is 5.91 Å². The second-order valence-corrected chi connectivity index (χ2v) is 5.87. The monoisotopic (exact) mass is 318 g/mol. The van der Waals surface area contributed by atoms with E-state index < -0.39 is 0 Å². The van der Waals surface area contributed by atoms with Crippen molar-refractivity contribution in [2.45, 2.75) is 32.8 Å². The highest BCUT2D eigenvalue weighted by atomic mass is 16.5. The average molecular weight is 318 g/mol. The summed E-state index contributed by atoms with van der Waals surface area (Å²) in [5.41, 5.74) is 1.77. The van der Waals surface area contributed by atoms with Crippen LogP contribution in [0.3, 0.4) is 0 Å². The zero-order valence-electron chi connectivity index (χ0n) is 13.7. The van der Waals surface area contributed by atoms with Crippen molar-refractivity contribution in [2.24, 2.45) is 13.0 Å². The topological polar surface area (TPSA) is 82.2 Å². The molecule has 3 heterocycles. The van der Waals surface area contributed by atoms with E-state index in [1.807, 2.05) is 30.8 Å². The minimum Gasteiger partial charge on any atom is -0.368 e. The summed E-state index contributed by atoms with van der Waals surface area (Å²) in [7, 11) is 1.95. The maximum Gasteiger partial charge on any atom is 0.256 e. The van der Waals surface area contributed by atoms with Gasteiger partial charge in [-0.15, -0.1) is 0 Å². The number of carbonyl (C=O) groups excluding carboxylic acids is 1. The van der Waals surface area contributed by atoms with Crippen LogP contribution in [0.25, 0.3) is 0 Å². The summed E-state index contributed by atoms with van der Waals surface area (Å²) in [6.45, 7) is 4.99. The first-order valence-corrected chi connectivity index (χ1v) is 7.94. The lowest BCUT2D eigenvalue weighted by Crippen LogP contribution is -2.31. The van der Waals surface area contributed by atoms with Crippen LogP contribution < -0.4 is 5.32 Å². The molecular weight excluding hydrogens is 296 g/mol. The van der Waals surface area contributed by atoms with Gasteiger partial charge in [-0.3, -0.25) is 4.79 Å². The lowest BCUT2D eigenvalue weighted by atomic mass is 10.0. The fourth-order valence-corrected chi connectivity index (χ4v) is 3.07. The van der Waals surface area contributed by atoms with Gasteiger partial charge in [0.1, 0.15) is 6.10 Å². The van der Waals surface area contributed by atoms with E-state index in [1.54, 1.807) is 6.92 Å². The Morgan fingerprint density at radius 3 is 3.04 bits per heavy atom. The van der Waals surface area contributed by atoms with Gasteiger partial charge < -0.3 is 19.1 Å². The predicted molar refractivity (Wildman–Crippen MR) is 83.0 cm³/mol. The zero-order valence-corrected chi connectivity index (χ0v) is 13.7. The van der Waals surface area contributed by atoms with Gasteiger partial charge in [-0.25, -0.2) is 0 Å². The summed E-state index contributed by atoms with van der Waals surface area (Å²) in [4.78, 5) is 16.7. The molecule has 0 aromatic carbocycles. The highest BCUT2D eigenvalue weighted by Crippen LogP contribution is 2.33. The van der Waals surface area contributed by atoms with Crippen LogP contribution in [-0.2, 0) is 18.2 Å². The van der Waals surface area contributed by atoms with Crippen LogP contribution in [0.2, 0.25) is 0 Å². The number of hydrogen-bond acceptors (Lipinski definition) is 5. The summed E-state index contributed by atoms with van der Waals surface area (Å²) in [5.74, 6) is 1.19. The normalized spacial score (nSPS) is 20.8. The molecule has 0 unspecified atom stereocenters.